The number of alkyl halides is 6. The van der Waals surface area contributed by atoms with E-state index in [0.29, 0.717) is 39.4 Å². The minimum atomic E-state index is -4.76. The highest BCUT2D eigenvalue weighted by molar-refractivity contribution is 8.00. The Balaban J connectivity index is 1.04. The molecule has 0 spiro atoms. The van der Waals surface area contributed by atoms with Crippen LogP contribution in [0.2, 0.25) is 0 Å². The smallest absolute Gasteiger partial charge is 0.416 e. The van der Waals surface area contributed by atoms with Crippen LogP contribution in [0.4, 0.5) is 60.5 Å². The normalized spacial score (nSPS) is 13.6. The Morgan fingerprint density at radius 3 is 1.29 bits per heavy atom. The molecule has 0 aliphatic carbocycles. The number of benzene rings is 10. The van der Waals surface area contributed by atoms with Crippen LogP contribution >= 0.6 is 11.8 Å². The molecule has 0 unspecified atom stereocenters. The molecule has 10 aromatic carbocycles. The van der Waals surface area contributed by atoms with E-state index < -0.39 is 30.2 Å². The van der Waals surface area contributed by atoms with Gasteiger partial charge in [0.25, 0.3) is 6.71 Å². The summed E-state index contributed by atoms with van der Waals surface area (Å²) in [6, 6.07) is 62.1. The molecule has 13 heteroatoms. The summed E-state index contributed by atoms with van der Waals surface area (Å²) < 4.78 is 104. The molecule has 91 heavy (non-hydrogen) atoms. The van der Waals surface area contributed by atoms with Crippen molar-refractivity contribution in [3.63, 3.8) is 0 Å². The van der Waals surface area contributed by atoms with Gasteiger partial charge in [-0.05, 0) is 159 Å². The third kappa shape index (κ3) is 10.4. The first-order chi connectivity index (χ1) is 42.9. The van der Waals surface area contributed by atoms with Crippen molar-refractivity contribution in [1.82, 2.24) is 4.57 Å². The Hall–Kier alpha value is -8.81. The average Bonchev–Trinajstić information content (AvgIpc) is 1.70. The van der Waals surface area contributed by atoms with Crippen molar-refractivity contribution in [2.45, 2.75) is 127 Å². The van der Waals surface area contributed by atoms with Crippen LogP contribution in [0.3, 0.4) is 0 Å². The number of hydrogen-bond donors (Lipinski definition) is 0. The Kier molecular flexibility index (Phi) is 13.7. The summed E-state index contributed by atoms with van der Waals surface area (Å²) in [5.41, 5.74) is 13.0. The van der Waals surface area contributed by atoms with Gasteiger partial charge in [-0.1, -0.05) is 173 Å². The van der Waals surface area contributed by atoms with E-state index in [-0.39, 0.29) is 32.4 Å². The number of fused-ring (bicyclic) bond motifs is 11. The van der Waals surface area contributed by atoms with Gasteiger partial charge in [0.15, 0.2) is 0 Å². The number of aromatic nitrogens is 1. The van der Waals surface area contributed by atoms with Gasteiger partial charge < -0.3 is 23.5 Å². The number of para-hydroxylation sites is 1. The first-order valence-electron chi connectivity index (χ1n) is 30.8. The van der Waals surface area contributed by atoms with Gasteiger partial charge in [0.2, 0.25) is 0 Å². The molecule has 0 fully saturated rings. The lowest BCUT2D eigenvalue weighted by Crippen LogP contribution is -2.58. The van der Waals surface area contributed by atoms with Crippen molar-refractivity contribution in [2.24, 2.45) is 0 Å². The number of hydrogen-bond acceptors (Lipinski definition) is 5. The van der Waals surface area contributed by atoms with Gasteiger partial charge >= 0.3 is 12.4 Å². The minimum Gasteiger partial charge on any atom is -0.458 e. The zero-order chi connectivity index (χ0) is 64.2. The molecule has 0 saturated heterocycles. The molecule has 2 aliphatic rings. The lowest BCUT2D eigenvalue weighted by Gasteiger charge is -2.35. The predicted octanol–water partition coefficient (Wildman–Crippen LogP) is 21.9. The fraction of sp³-hybridized carbons (Fsp3) is 0.231. The molecule has 2 aromatic heterocycles. The van der Waals surface area contributed by atoms with Gasteiger partial charge in [0.05, 0.1) is 38.9 Å². The molecule has 4 heterocycles. The molecular formula is C78H68BF6N3O2S. The fourth-order valence-electron chi connectivity index (χ4n) is 13.2. The molecule has 0 bridgehead atoms. The first-order valence-corrected chi connectivity index (χ1v) is 31.6. The van der Waals surface area contributed by atoms with Crippen molar-refractivity contribution in [3.8, 4) is 17.2 Å². The Labute approximate surface area is 531 Å². The predicted molar refractivity (Wildman–Crippen MR) is 364 cm³/mol. The minimum absolute atomic E-state index is 0.0308. The van der Waals surface area contributed by atoms with Crippen molar-refractivity contribution in [1.29, 1.82) is 0 Å². The Bertz CT molecular complexity index is 4680. The molecule has 5 nitrogen and oxygen atoms in total. The fourth-order valence-corrected chi connectivity index (χ4v) is 14.5. The largest absolute Gasteiger partial charge is 0.458 e. The van der Waals surface area contributed by atoms with E-state index in [9.17, 15) is 26.3 Å². The number of anilines is 6. The molecular weight excluding hydrogens is 1170 g/mol. The van der Waals surface area contributed by atoms with Crippen molar-refractivity contribution in [2.75, 3.05) is 9.80 Å². The van der Waals surface area contributed by atoms with Gasteiger partial charge in [-0.2, -0.15) is 26.3 Å². The van der Waals surface area contributed by atoms with Crippen molar-refractivity contribution >= 4 is 113 Å². The maximum absolute atomic E-state index is 14.6. The third-order valence-electron chi connectivity index (χ3n) is 18.2. The quantitative estimate of drug-likeness (QED) is 0.117. The number of ether oxygens (including phenoxy) is 1. The van der Waals surface area contributed by atoms with E-state index in [4.69, 9.17) is 9.15 Å². The SMILES string of the molecule is CC(C)(C)c1ccc(N(c2ccc(C(C)(C)C)cc2)c2ccc3c(c2)Sc2cc(-n4c5ccc(C(F)(F)F)cc5c5cc(C(F)(F)F)ccc54)cc4c2B3c2c(cc(N(c3ccc(C(C)(C)C)cc3)c3ccc(C(C)(C)C)cc3)c3c2oc2ccccc23)O4)cc1. The third-order valence-corrected chi connectivity index (χ3v) is 19.3. The standard InChI is InChI=1S/C78H68BF6N3O2S/c1-73(2,3)45-17-27-51(28-18-45)86(52-29-19-46(20-30-52)74(4,5)6)55-35-36-60-67(42-55)91-68-43-56(88-61-37-25-49(77(80,81)82)39-58(61)59-40-50(78(83,84)85)26-38-62(59)88)41-65-70(68)79(60)71-66(89-65)44-63(69-57-15-13-14-16-64(57)90-72(69)71)87(53-31-21-47(22-32-53)75(7,8)9)54-33-23-48(24-34-54)76(10,11)12/h13-44H,1-12H3. The van der Waals surface area contributed by atoms with Gasteiger partial charge in [0, 0.05) is 72.0 Å². The maximum atomic E-state index is 14.6. The summed E-state index contributed by atoms with van der Waals surface area (Å²) in [7, 11) is 0. The topological polar surface area (TPSA) is 33.8 Å². The second-order valence-electron chi connectivity index (χ2n) is 28.5. The molecule has 0 atom stereocenters. The summed E-state index contributed by atoms with van der Waals surface area (Å²) in [6.45, 7) is 25.9. The Morgan fingerprint density at radius 2 is 0.824 bits per heavy atom. The van der Waals surface area contributed by atoms with Crippen molar-refractivity contribution in [3.05, 3.63) is 228 Å². The highest BCUT2D eigenvalue weighted by atomic mass is 32.2. The van der Waals surface area contributed by atoms with Crippen LogP contribution in [0.25, 0.3) is 49.4 Å². The summed E-state index contributed by atoms with van der Waals surface area (Å²) in [5.74, 6) is 1.01. The molecule has 0 N–H and O–H groups in total. The summed E-state index contributed by atoms with van der Waals surface area (Å²) in [5, 5.41) is 1.87. The van der Waals surface area contributed by atoms with Gasteiger partial charge in [0.1, 0.15) is 22.7 Å². The molecule has 2 aliphatic heterocycles. The molecule has 0 saturated carbocycles. The summed E-state index contributed by atoms with van der Waals surface area (Å²) >= 11 is 1.55. The number of nitrogens with zero attached hydrogens (tertiary/aromatic N) is 3. The maximum Gasteiger partial charge on any atom is 0.416 e. The molecule has 458 valence electrons. The van der Waals surface area contributed by atoms with E-state index in [1.54, 1.807) is 16.3 Å². The highest BCUT2D eigenvalue weighted by Crippen LogP contribution is 2.50. The number of rotatable bonds is 7. The van der Waals surface area contributed by atoms with Crippen LogP contribution in [0.1, 0.15) is 116 Å². The zero-order valence-electron chi connectivity index (χ0n) is 52.9. The molecule has 0 radical (unpaired) electrons. The zero-order valence-corrected chi connectivity index (χ0v) is 53.7. The summed E-state index contributed by atoms with van der Waals surface area (Å²) in [4.78, 5) is 6.27. The number of halogens is 6. The lowest BCUT2D eigenvalue weighted by atomic mass is 9.35. The number of furan rings is 1. The van der Waals surface area contributed by atoms with E-state index >= 15 is 0 Å². The Morgan fingerprint density at radius 1 is 0.396 bits per heavy atom. The van der Waals surface area contributed by atoms with Crippen LogP contribution in [0.15, 0.2) is 208 Å². The molecule has 0 amide bonds. The first kappa shape index (κ1) is 59.8. The van der Waals surface area contributed by atoms with E-state index in [1.165, 1.54) is 34.4 Å². The van der Waals surface area contributed by atoms with Gasteiger partial charge in [-0.3, -0.25) is 0 Å². The van der Waals surface area contributed by atoms with Crippen LogP contribution < -0.4 is 30.9 Å². The monoisotopic (exact) mass is 1240 g/mol. The second kappa shape index (κ2) is 20.9. The van der Waals surface area contributed by atoms with Crippen LogP contribution in [-0.4, -0.2) is 11.3 Å². The average molecular weight is 1240 g/mol. The molecule has 14 rings (SSSR count). The lowest BCUT2D eigenvalue weighted by molar-refractivity contribution is -0.138. The van der Waals surface area contributed by atoms with Crippen molar-refractivity contribution < 1.29 is 35.5 Å². The van der Waals surface area contributed by atoms with Gasteiger partial charge in [-0.25, -0.2) is 0 Å². The van der Waals surface area contributed by atoms with E-state index in [0.717, 1.165) is 95.3 Å². The highest BCUT2D eigenvalue weighted by Gasteiger charge is 2.44. The van der Waals surface area contributed by atoms with Crippen LogP contribution in [-0.2, 0) is 34.0 Å². The van der Waals surface area contributed by atoms with Crippen LogP contribution in [0.5, 0.6) is 11.5 Å². The van der Waals surface area contributed by atoms with Crippen LogP contribution in [0, 0.1) is 0 Å². The van der Waals surface area contributed by atoms with Gasteiger partial charge in [-0.15, -0.1) is 0 Å². The summed E-state index contributed by atoms with van der Waals surface area (Å²) in [6.07, 6.45) is -9.52. The second-order valence-corrected chi connectivity index (χ2v) is 29.6. The molecule has 12 aromatic rings. The van der Waals surface area contributed by atoms with E-state index in [1.807, 2.05) is 30.3 Å². The van der Waals surface area contributed by atoms with E-state index in [2.05, 4.69) is 220 Å².